The van der Waals surface area contributed by atoms with E-state index in [4.69, 9.17) is 10.2 Å². The zero-order valence-corrected chi connectivity index (χ0v) is 11.4. The quantitative estimate of drug-likeness (QED) is 0.868. The van der Waals surface area contributed by atoms with Gasteiger partial charge in [-0.15, -0.1) is 0 Å². The van der Waals surface area contributed by atoms with Gasteiger partial charge in [0.2, 0.25) is 0 Å². The molecule has 4 heteroatoms. The molecule has 19 heavy (non-hydrogen) atoms. The highest BCUT2D eigenvalue weighted by molar-refractivity contribution is 5.96. The first kappa shape index (κ1) is 13.6. The number of carbonyl (C=O) groups is 1. The molecule has 2 aromatic rings. The summed E-state index contributed by atoms with van der Waals surface area (Å²) in [6.07, 6.45) is 1.60. The molecule has 3 N–H and O–H groups in total. The lowest BCUT2D eigenvalue weighted by atomic mass is 9.93. The number of hydrogen-bond donors (Lipinski definition) is 2. The molecule has 4 nitrogen and oxygen atoms in total. The standard InChI is InChI=1S/C15H20N2O2/c1-3-15(4-2,10-16)17-14(18)13-9-11-7-5-6-8-12(11)19-13/h5-9H,3-4,10,16H2,1-2H3,(H,17,18). The molecule has 0 fully saturated rings. The third-order valence-corrected chi connectivity index (χ3v) is 3.77. The van der Waals surface area contributed by atoms with Crippen molar-refractivity contribution in [2.45, 2.75) is 32.2 Å². The molecule has 0 bridgehead atoms. The third-order valence-electron chi connectivity index (χ3n) is 3.77. The van der Waals surface area contributed by atoms with Crippen molar-refractivity contribution in [1.82, 2.24) is 5.32 Å². The van der Waals surface area contributed by atoms with Gasteiger partial charge in [-0.3, -0.25) is 4.79 Å². The average molecular weight is 260 g/mol. The number of furan rings is 1. The Kier molecular flexibility index (Phi) is 3.90. The van der Waals surface area contributed by atoms with Crippen molar-refractivity contribution < 1.29 is 9.21 Å². The summed E-state index contributed by atoms with van der Waals surface area (Å²) in [5, 5.41) is 3.93. The number of nitrogens with one attached hydrogen (secondary N) is 1. The molecular weight excluding hydrogens is 240 g/mol. The van der Waals surface area contributed by atoms with Crippen molar-refractivity contribution in [3.05, 3.63) is 36.1 Å². The molecule has 2 rings (SSSR count). The van der Waals surface area contributed by atoms with Crippen molar-refractivity contribution in [2.75, 3.05) is 6.54 Å². The van der Waals surface area contributed by atoms with Gasteiger partial charge in [-0.1, -0.05) is 32.0 Å². The van der Waals surface area contributed by atoms with Crippen molar-refractivity contribution in [3.8, 4) is 0 Å². The van der Waals surface area contributed by atoms with Crippen LogP contribution in [0.15, 0.2) is 34.7 Å². The Hall–Kier alpha value is -1.81. The molecule has 0 spiro atoms. The number of benzene rings is 1. The van der Waals surface area contributed by atoms with Crippen LogP contribution in [0.25, 0.3) is 11.0 Å². The topological polar surface area (TPSA) is 68.3 Å². The maximum Gasteiger partial charge on any atom is 0.287 e. The minimum Gasteiger partial charge on any atom is -0.451 e. The number of amides is 1. The summed E-state index contributed by atoms with van der Waals surface area (Å²) in [7, 11) is 0. The summed E-state index contributed by atoms with van der Waals surface area (Å²) >= 11 is 0. The highest BCUT2D eigenvalue weighted by Gasteiger charge is 2.28. The Morgan fingerprint density at radius 3 is 2.58 bits per heavy atom. The van der Waals surface area contributed by atoms with E-state index in [1.807, 2.05) is 38.1 Å². The van der Waals surface area contributed by atoms with E-state index >= 15 is 0 Å². The number of hydrogen-bond acceptors (Lipinski definition) is 3. The second-order valence-corrected chi connectivity index (χ2v) is 4.79. The van der Waals surface area contributed by atoms with Gasteiger partial charge in [0, 0.05) is 11.9 Å². The fourth-order valence-corrected chi connectivity index (χ4v) is 2.16. The second kappa shape index (κ2) is 5.45. The van der Waals surface area contributed by atoms with Gasteiger partial charge >= 0.3 is 0 Å². The lowest BCUT2D eigenvalue weighted by molar-refractivity contribution is 0.0869. The SMILES string of the molecule is CCC(CC)(CN)NC(=O)c1cc2ccccc2o1. The van der Waals surface area contributed by atoms with E-state index in [0.717, 1.165) is 23.8 Å². The zero-order valence-electron chi connectivity index (χ0n) is 11.4. The summed E-state index contributed by atoms with van der Waals surface area (Å²) in [4.78, 5) is 12.2. The molecule has 0 atom stereocenters. The molecule has 0 radical (unpaired) electrons. The van der Waals surface area contributed by atoms with Crippen LogP contribution in [-0.4, -0.2) is 18.0 Å². The minimum absolute atomic E-state index is 0.203. The molecule has 1 aromatic carbocycles. The van der Waals surface area contributed by atoms with E-state index < -0.39 is 0 Å². The highest BCUT2D eigenvalue weighted by atomic mass is 16.3. The smallest absolute Gasteiger partial charge is 0.287 e. The van der Waals surface area contributed by atoms with E-state index in [2.05, 4.69) is 5.32 Å². The summed E-state index contributed by atoms with van der Waals surface area (Å²) < 4.78 is 5.56. The molecule has 0 aliphatic heterocycles. The molecule has 1 aromatic heterocycles. The Morgan fingerprint density at radius 1 is 1.32 bits per heavy atom. The summed E-state index contributed by atoms with van der Waals surface area (Å²) in [5.74, 6) is 0.131. The molecular formula is C15H20N2O2. The fraction of sp³-hybridized carbons (Fsp3) is 0.400. The normalized spacial score (nSPS) is 11.7. The van der Waals surface area contributed by atoms with Gasteiger partial charge in [0.25, 0.3) is 5.91 Å². The van der Waals surface area contributed by atoms with Gasteiger partial charge < -0.3 is 15.5 Å². The molecule has 102 valence electrons. The molecule has 0 saturated heterocycles. The fourth-order valence-electron chi connectivity index (χ4n) is 2.16. The van der Waals surface area contributed by atoms with E-state index in [1.165, 1.54) is 0 Å². The van der Waals surface area contributed by atoms with Crippen LogP contribution >= 0.6 is 0 Å². The van der Waals surface area contributed by atoms with Gasteiger partial charge in [0.05, 0.1) is 5.54 Å². The Morgan fingerprint density at radius 2 is 2.00 bits per heavy atom. The van der Waals surface area contributed by atoms with Crippen LogP contribution in [0.5, 0.6) is 0 Å². The Bertz CT molecular complexity index is 529. The lowest BCUT2D eigenvalue weighted by Gasteiger charge is -2.30. The molecule has 0 saturated carbocycles. The first-order chi connectivity index (χ1) is 9.14. The van der Waals surface area contributed by atoms with Crippen LogP contribution in [0.2, 0.25) is 0 Å². The van der Waals surface area contributed by atoms with Crippen molar-refractivity contribution >= 4 is 16.9 Å². The van der Waals surface area contributed by atoms with E-state index in [-0.39, 0.29) is 11.4 Å². The van der Waals surface area contributed by atoms with Crippen LogP contribution in [0, 0.1) is 0 Å². The van der Waals surface area contributed by atoms with Crippen LogP contribution in [0.3, 0.4) is 0 Å². The van der Waals surface area contributed by atoms with E-state index in [1.54, 1.807) is 6.07 Å². The van der Waals surface area contributed by atoms with Gasteiger partial charge in [-0.05, 0) is 25.0 Å². The molecule has 1 amide bonds. The largest absolute Gasteiger partial charge is 0.451 e. The third kappa shape index (κ3) is 2.63. The van der Waals surface area contributed by atoms with Crippen molar-refractivity contribution in [3.63, 3.8) is 0 Å². The molecule has 0 unspecified atom stereocenters. The first-order valence-electron chi connectivity index (χ1n) is 6.65. The highest BCUT2D eigenvalue weighted by Crippen LogP contribution is 2.20. The minimum atomic E-state index is -0.351. The number of carbonyl (C=O) groups excluding carboxylic acids is 1. The lowest BCUT2D eigenvalue weighted by Crippen LogP contribution is -2.52. The predicted molar refractivity (Wildman–Crippen MR) is 76.0 cm³/mol. The van der Waals surface area contributed by atoms with Crippen molar-refractivity contribution in [1.29, 1.82) is 0 Å². The Balaban J connectivity index is 2.24. The van der Waals surface area contributed by atoms with Crippen molar-refractivity contribution in [2.24, 2.45) is 5.73 Å². The number of nitrogens with two attached hydrogens (primary N) is 1. The number of rotatable bonds is 5. The number of fused-ring (bicyclic) bond motifs is 1. The second-order valence-electron chi connectivity index (χ2n) is 4.79. The molecule has 0 aliphatic carbocycles. The summed E-state index contributed by atoms with van der Waals surface area (Å²) in [5.41, 5.74) is 6.16. The van der Waals surface area contributed by atoms with Crippen LogP contribution in [0.4, 0.5) is 0 Å². The van der Waals surface area contributed by atoms with Gasteiger partial charge in [-0.2, -0.15) is 0 Å². The van der Waals surface area contributed by atoms with E-state index in [9.17, 15) is 4.79 Å². The van der Waals surface area contributed by atoms with E-state index in [0.29, 0.717) is 12.3 Å². The summed E-state index contributed by atoms with van der Waals surface area (Å²) in [6, 6.07) is 9.34. The maximum absolute atomic E-state index is 12.2. The van der Waals surface area contributed by atoms with Crippen LogP contribution in [0.1, 0.15) is 37.2 Å². The first-order valence-corrected chi connectivity index (χ1v) is 6.65. The summed E-state index contributed by atoms with van der Waals surface area (Å²) in [6.45, 7) is 4.47. The van der Waals surface area contributed by atoms with Gasteiger partial charge in [-0.25, -0.2) is 0 Å². The monoisotopic (exact) mass is 260 g/mol. The molecule has 0 aliphatic rings. The zero-order chi connectivity index (χ0) is 13.9. The average Bonchev–Trinajstić information content (AvgIpc) is 2.89. The van der Waals surface area contributed by atoms with Crippen LogP contribution in [-0.2, 0) is 0 Å². The number of para-hydroxylation sites is 1. The maximum atomic E-state index is 12.2. The Labute approximate surface area is 113 Å². The molecule has 1 heterocycles. The van der Waals surface area contributed by atoms with Gasteiger partial charge in [0.15, 0.2) is 5.76 Å². The predicted octanol–water partition coefficient (Wildman–Crippen LogP) is 2.68. The van der Waals surface area contributed by atoms with Crippen LogP contribution < -0.4 is 11.1 Å². The van der Waals surface area contributed by atoms with Gasteiger partial charge in [0.1, 0.15) is 5.58 Å².